The molecule has 1 atom stereocenters. The molecule has 1 unspecified atom stereocenters. The van der Waals surface area contributed by atoms with Crippen LogP contribution in [-0.2, 0) is 0 Å². The third-order valence-electron chi connectivity index (χ3n) is 2.81. The summed E-state index contributed by atoms with van der Waals surface area (Å²) in [7, 11) is 0. The fourth-order valence-electron chi connectivity index (χ4n) is 1.88. The molecule has 1 N–H and O–H groups in total. The molecule has 17 heavy (non-hydrogen) atoms. The molecule has 1 saturated heterocycles. The predicted molar refractivity (Wildman–Crippen MR) is 62.8 cm³/mol. The number of nitrogens with zero attached hydrogens (tertiary/aromatic N) is 3. The highest BCUT2D eigenvalue weighted by Gasteiger charge is 2.23. The minimum Gasteiger partial charge on any atom is -0.339 e. The van der Waals surface area contributed by atoms with Crippen LogP contribution in [0.15, 0.2) is 22.9 Å². The van der Waals surface area contributed by atoms with E-state index in [4.69, 9.17) is 16.1 Å². The van der Waals surface area contributed by atoms with Gasteiger partial charge in [0.1, 0.15) is 5.69 Å². The summed E-state index contributed by atoms with van der Waals surface area (Å²) in [5, 5.41) is 7.80. The largest absolute Gasteiger partial charge is 0.339 e. The molecule has 0 aromatic carbocycles. The Kier molecular flexibility index (Phi) is 2.78. The van der Waals surface area contributed by atoms with E-state index in [9.17, 15) is 0 Å². The molecule has 3 heterocycles. The highest BCUT2D eigenvalue weighted by molar-refractivity contribution is 6.30. The third-order valence-corrected chi connectivity index (χ3v) is 3.03. The molecule has 2 aromatic heterocycles. The average Bonchev–Trinajstić information content (AvgIpc) is 3.00. The maximum Gasteiger partial charge on any atom is 0.231 e. The Morgan fingerprint density at radius 3 is 3.06 bits per heavy atom. The third kappa shape index (κ3) is 2.16. The first-order valence-electron chi connectivity index (χ1n) is 5.49. The lowest BCUT2D eigenvalue weighted by Gasteiger charge is -1.98. The molecule has 1 aliphatic rings. The van der Waals surface area contributed by atoms with Crippen LogP contribution in [-0.4, -0.2) is 28.2 Å². The number of aromatic nitrogens is 3. The summed E-state index contributed by atoms with van der Waals surface area (Å²) in [6, 6.07) is 3.54. The molecule has 0 saturated carbocycles. The van der Waals surface area contributed by atoms with Crippen molar-refractivity contribution in [3.05, 3.63) is 29.2 Å². The molecule has 3 rings (SSSR count). The Morgan fingerprint density at radius 1 is 1.41 bits per heavy atom. The van der Waals surface area contributed by atoms with Gasteiger partial charge >= 0.3 is 0 Å². The van der Waals surface area contributed by atoms with E-state index in [1.807, 2.05) is 0 Å². The van der Waals surface area contributed by atoms with Crippen molar-refractivity contribution in [2.75, 3.05) is 13.1 Å². The van der Waals surface area contributed by atoms with Gasteiger partial charge in [0.25, 0.3) is 0 Å². The number of halogens is 1. The summed E-state index contributed by atoms with van der Waals surface area (Å²) in [5.41, 5.74) is 0.676. The van der Waals surface area contributed by atoms with Crippen molar-refractivity contribution in [3.63, 3.8) is 0 Å². The molecule has 0 bridgehead atoms. The number of pyridine rings is 1. The number of nitrogens with one attached hydrogen (secondary N) is 1. The summed E-state index contributed by atoms with van der Waals surface area (Å²) >= 11 is 5.77. The van der Waals surface area contributed by atoms with Gasteiger partial charge in [-0.3, -0.25) is 4.98 Å². The van der Waals surface area contributed by atoms with Crippen molar-refractivity contribution in [1.29, 1.82) is 0 Å². The lowest BCUT2D eigenvalue weighted by molar-refractivity contribution is 0.359. The standard InChI is InChI=1S/C11H11ClN4O/c12-8-1-2-9(14-6-8)10-15-11(17-16-10)7-3-4-13-5-7/h1-2,6-7,13H,3-5H2. The number of hydrogen-bond acceptors (Lipinski definition) is 5. The van der Waals surface area contributed by atoms with Crippen molar-refractivity contribution >= 4 is 11.6 Å². The first-order chi connectivity index (χ1) is 8.33. The zero-order chi connectivity index (χ0) is 11.7. The van der Waals surface area contributed by atoms with Crippen LogP contribution >= 0.6 is 11.6 Å². The highest BCUT2D eigenvalue weighted by atomic mass is 35.5. The van der Waals surface area contributed by atoms with Crippen LogP contribution in [0.2, 0.25) is 5.02 Å². The van der Waals surface area contributed by atoms with E-state index in [-0.39, 0.29) is 0 Å². The Labute approximate surface area is 103 Å². The Balaban J connectivity index is 1.86. The van der Waals surface area contributed by atoms with Gasteiger partial charge in [-0.15, -0.1) is 0 Å². The van der Waals surface area contributed by atoms with Crippen molar-refractivity contribution < 1.29 is 4.52 Å². The van der Waals surface area contributed by atoms with Gasteiger partial charge in [0.2, 0.25) is 11.7 Å². The van der Waals surface area contributed by atoms with E-state index in [1.165, 1.54) is 0 Å². The number of hydrogen-bond donors (Lipinski definition) is 1. The Hall–Kier alpha value is -1.46. The Bertz CT molecular complexity index is 504. The molecule has 2 aromatic rings. The second kappa shape index (κ2) is 4.43. The van der Waals surface area contributed by atoms with Gasteiger partial charge in [-0.05, 0) is 25.1 Å². The molecule has 0 radical (unpaired) electrons. The fourth-order valence-corrected chi connectivity index (χ4v) is 1.99. The normalized spacial score (nSPS) is 19.7. The van der Waals surface area contributed by atoms with E-state index in [0.29, 0.717) is 28.3 Å². The summed E-state index contributed by atoms with van der Waals surface area (Å²) in [6.07, 6.45) is 2.61. The fraction of sp³-hybridized carbons (Fsp3) is 0.364. The topological polar surface area (TPSA) is 63.8 Å². The molecule has 1 fully saturated rings. The van der Waals surface area contributed by atoms with Gasteiger partial charge in [-0.25, -0.2) is 0 Å². The second-order valence-corrected chi connectivity index (χ2v) is 4.44. The first kappa shape index (κ1) is 10.7. The van der Waals surface area contributed by atoms with Gasteiger partial charge < -0.3 is 9.84 Å². The molecular formula is C11H11ClN4O. The maximum atomic E-state index is 5.77. The first-order valence-corrected chi connectivity index (χ1v) is 5.87. The highest BCUT2D eigenvalue weighted by Crippen LogP contribution is 2.23. The second-order valence-electron chi connectivity index (χ2n) is 4.01. The van der Waals surface area contributed by atoms with E-state index in [0.717, 1.165) is 19.5 Å². The zero-order valence-corrected chi connectivity index (χ0v) is 9.81. The van der Waals surface area contributed by atoms with Gasteiger partial charge in [0.15, 0.2) is 0 Å². The summed E-state index contributed by atoms with van der Waals surface area (Å²) in [4.78, 5) is 8.52. The molecule has 5 nitrogen and oxygen atoms in total. The van der Waals surface area contributed by atoms with Crippen LogP contribution in [0.5, 0.6) is 0 Å². The van der Waals surface area contributed by atoms with Crippen molar-refractivity contribution in [2.45, 2.75) is 12.3 Å². The SMILES string of the molecule is Clc1ccc(-c2noc(C3CCNC3)n2)nc1. The van der Waals surface area contributed by atoms with Gasteiger partial charge in [0, 0.05) is 12.7 Å². The van der Waals surface area contributed by atoms with Crippen LogP contribution in [0.3, 0.4) is 0 Å². The average molecular weight is 251 g/mol. The molecular weight excluding hydrogens is 240 g/mol. The summed E-state index contributed by atoms with van der Waals surface area (Å²) in [6.45, 7) is 1.90. The molecule has 1 aliphatic heterocycles. The van der Waals surface area contributed by atoms with Crippen LogP contribution in [0.25, 0.3) is 11.5 Å². The van der Waals surface area contributed by atoms with E-state index in [2.05, 4.69) is 20.4 Å². The number of rotatable bonds is 2. The van der Waals surface area contributed by atoms with Crippen molar-refractivity contribution in [2.24, 2.45) is 0 Å². The molecule has 0 spiro atoms. The predicted octanol–water partition coefficient (Wildman–Crippen LogP) is 1.86. The van der Waals surface area contributed by atoms with Crippen molar-refractivity contribution in [3.8, 4) is 11.5 Å². The van der Waals surface area contributed by atoms with Gasteiger partial charge in [-0.1, -0.05) is 16.8 Å². The quantitative estimate of drug-likeness (QED) is 0.881. The van der Waals surface area contributed by atoms with Crippen LogP contribution < -0.4 is 5.32 Å². The summed E-state index contributed by atoms with van der Waals surface area (Å²) < 4.78 is 5.26. The monoisotopic (exact) mass is 250 g/mol. The summed E-state index contributed by atoms with van der Waals surface area (Å²) in [5.74, 6) is 1.52. The smallest absolute Gasteiger partial charge is 0.231 e. The maximum absolute atomic E-state index is 5.77. The minimum atomic E-state index is 0.323. The minimum absolute atomic E-state index is 0.323. The van der Waals surface area contributed by atoms with E-state index >= 15 is 0 Å². The molecule has 0 aliphatic carbocycles. The zero-order valence-electron chi connectivity index (χ0n) is 9.06. The van der Waals surface area contributed by atoms with E-state index < -0.39 is 0 Å². The Morgan fingerprint density at radius 2 is 2.35 bits per heavy atom. The van der Waals surface area contributed by atoms with Crippen LogP contribution in [0.4, 0.5) is 0 Å². The molecule has 0 amide bonds. The van der Waals surface area contributed by atoms with Gasteiger partial charge in [0.05, 0.1) is 10.9 Å². The molecule has 6 heteroatoms. The lowest BCUT2D eigenvalue weighted by atomic mass is 10.1. The van der Waals surface area contributed by atoms with E-state index in [1.54, 1.807) is 18.3 Å². The van der Waals surface area contributed by atoms with Crippen LogP contribution in [0, 0.1) is 0 Å². The van der Waals surface area contributed by atoms with Crippen molar-refractivity contribution in [1.82, 2.24) is 20.4 Å². The van der Waals surface area contributed by atoms with Gasteiger partial charge in [-0.2, -0.15) is 4.98 Å². The molecule has 88 valence electrons. The van der Waals surface area contributed by atoms with Crippen LogP contribution in [0.1, 0.15) is 18.2 Å². The lowest BCUT2D eigenvalue weighted by Crippen LogP contribution is -2.08.